The number of rotatable bonds is 4. The van der Waals surface area contributed by atoms with E-state index in [1.165, 1.54) is 0 Å². The summed E-state index contributed by atoms with van der Waals surface area (Å²) in [5, 5.41) is 8.35. The molecule has 1 saturated heterocycles. The third-order valence-corrected chi connectivity index (χ3v) is 1.18. The van der Waals surface area contributed by atoms with Crippen molar-refractivity contribution in [2.45, 2.75) is 0 Å². The van der Waals surface area contributed by atoms with E-state index in [4.69, 9.17) is 19.3 Å². The third kappa shape index (κ3) is 3.25. The summed E-state index contributed by atoms with van der Waals surface area (Å²) in [6, 6.07) is 0. The van der Waals surface area contributed by atoms with Gasteiger partial charge in [-0.2, -0.15) is 0 Å². The van der Waals surface area contributed by atoms with Crippen molar-refractivity contribution in [3.63, 3.8) is 0 Å². The lowest BCUT2D eigenvalue weighted by molar-refractivity contribution is 0.104. The Kier molecular flexibility index (Phi) is 3.79. The first-order chi connectivity index (χ1) is 5.43. The van der Waals surface area contributed by atoms with E-state index in [-0.39, 0.29) is 6.61 Å². The van der Waals surface area contributed by atoms with Crippen LogP contribution < -0.4 is 0 Å². The van der Waals surface area contributed by atoms with Gasteiger partial charge < -0.3 is 19.3 Å². The maximum absolute atomic E-state index is 8.35. The van der Waals surface area contributed by atoms with Crippen LogP contribution in [0, 0.1) is 0 Å². The predicted molar refractivity (Wildman–Crippen MR) is 37.9 cm³/mol. The van der Waals surface area contributed by atoms with Crippen LogP contribution in [0.1, 0.15) is 0 Å². The Balaban J connectivity index is 2.03. The number of hydrogen-bond donors (Lipinski definition) is 1. The van der Waals surface area contributed by atoms with Crippen LogP contribution in [0.2, 0.25) is 0 Å². The molecule has 4 heteroatoms. The quantitative estimate of drug-likeness (QED) is 0.582. The van der Waals surface area contributed by atoms with Crippen molar-refractivity contribution in [2.24, 2.45) is 0 Å². The van der Waals surface area contributed by atoms with Gasteiger partial charge in [-0.1, -0.05) is 0 Å². The lowest BCUT2D eigenvalue weighted by Gasteiger charge is -1.98. The van der Waals surface area contributed by atoms with Gasteiger partial charge in [0.15, 0.2) is 0 Å². The lowest BCUT2D eigenvalue weighted by Crippen LogP contribution is -1.99. The van der Waals surface area contributed by atoms with E-state index < -0.39 is 0 Å². The molecule has 1 fully saturated rings. The maximum Gasteiger partial charge on any atom is 0.277 e. The van der Waals surface area contributed by atoms with Gasteiger partial charge in [-0.15, -0.1) is 0 Å². The normalized spacial score (nSPS) is 15.9. The van der Waals surface area contributed by atoms with Crippen molar-refractivity contribution in [3.8, 4) is 0 Å². The molecule has 0 aliphatic carbocycles. The highest BCUT2D eigenvalue weighted by Crippen LogP contribution is 2.06. The second-order valence-electron chi connectivity index (χ2n) is 2.02. The molecule has 0 bridgehead atoms. The molecule has 1 aliphatic rings. The molecule has 0 amide bonds. The molecule has 64 valence electrons. The Bertz CT molecular complexity index is 124. The SMILES string of the molecule is OCCOCC=C1OCCO1. The average Bonchev–Trinajstić information content (AvgIpc) is 2.50. The molecule has 0 aromatic rings. The molecule has 1 aliphatic heterocycles. The van der Waals surface area contributed by atoms with Crippen LogP contribution in [0.3, 0.4) is 0 Å². The van der Waals surface area contributed by atoms with Crippen molar-refractivity contribution in [1.82, 2.24) is 0 Å². The third-order valence-electron chi connectivity index (χ3n) is 1.18. The monoisotopic (exact) mass is 160 g/mol. The van der Waals surface area contributed by atoms with E-state index in [2.05, 4.69) is 0 Å². The van der Waals surface area contributed by atoms with Crippen LogP contribution >= 0.6 is 0 Å². The fraction of sp³-hybridized carbons (Fsp3) is 0.714. The molecule has 0 aromatic carbocycles. The summed E-state index contributed by atoms with van der Waals surface area (Å²) in [5.74, 6) is 0.530. The standard InChI is InChI=1S/C7H12O4/c8-2-4-9-3-1-7-10-5-6-11-7/h1,8H,2-6H2. The van der Waals surface area contributed by atoms with Crippen molar-refractivity contribution < 1.29 is 19.3 Å². The second kappa shape index (κ2) is 4.98. The summed E-state index contributed by atoms with van der Waals surface area (Å²) in [7, 11) is 0. The zero-order chi connectivity index (χ0) is 7.94. The molecule has 0 spiro atoms. The largest absolute Gasteiger partial charge is 0.462 e. The highest BCUT2D eigenvalue weighted by atomic mass is 16.7. The zero-order valence-electron chi connectivity index (χ0n) is 6.28. The first kappa shape index (κ1) is 8.36. The number of ether oxygens (including phenoxy) is 3. The van der Waals surface area contributed by atoms with Gasteiger partial charge >= 0.3 is 0 Å². The first-order valence-corrected chi connectivity index (χ1v) is 3.58. The summed E-state index contributed by atoms with van der Waals surface area (Å²) in [4.78, 5) is 0. The lowest BCUT2D eigenvalue weighted by atomic mass is 10.6. The van der Waals surface area contributed by atoms with E-state index in [9.17, 15) is 0 Å². The Hall–Kier alpha value is -0.740. The highest BCUT2D eigenvalue weighted by molar-refractivity contribution is 4.86. The maximum atomic E-state index is 8.35. The Morgan fingerprint density at radius 3 is 2.82 bits per heavy atom. The summed E-state index contributed by atoms with van der Waals surface area (Å²) in [6.45, 7) is 2.06. The van der Waals surface area contributed by atoms with Crippen LogP contribution in [0.4, 0.5) is 0 Å². The summed E-state index contributed by atoms with van der Waals surface area (Å²) >= 11 is 0. The van der Waals surface area contributed by atoms with Gasteiger partial charge in [-0.3, -0.25) is 0 Å². The molecule has 0 saturated carbocycles. The Morgan fingerprint density at radius 1 is 1.45 bits per heavy atom. The van der Waals surface area contributed by atoms with E-state index in [1.807, 2.05) is 0 Å². The van der Waals surface area contributed by atoms with Crippen molar-refractivity contribution in [3.05, 3.63) is 12.0 Å². The van der Waals surface area contributed by atoms with Gasteiger partial charge in [0, 0.05) is 6.08 Å². The van der Waals surface area contributed by atoms with E-state index >= 15 is 0 Å². The van der Waals surface area contributed by atoms with Gasteiger partial charge in [0.2, 0.25) is 0 Å². The van der Waals surface area contributed by atoms with E-state index in [0.29, 0.717) is 32.4 Å². The summed E-state index contributed by atoms with van der Waals surface area (Å²) < 4.78 is 15.0. The van der Waals surface area contributed by atoms with Crippen molar-refractivity contribution in [2.75, 3.05) is 33.0 Å². The van der Waals surface area contributed by atoms with Crippen LogP contribution in [0.5, 0.6) is 0 Å². The fourth-order valence-corrected chi connectivity index (χ4v) is 0.719. The second-order valence-corrected chi connectivity index (χ2v) is 2.02. The van der Waals surface area contributed by atoms with E-state index in [0.717, 1.165) is 0 Å². The fourth-order valence-electron chi connectivity index (χ4n) is 0.719. The summed E-state index contributed by atoms with van der Waals surface area (Å²) in [6.07, 6.45) is 1.71. The minimum Gasteiger partial charge on any atom is -0.462 e. The molecule has 0 radical (unpaired) electrons. The minimum atomic E-state index is 0.0465. The smallest absolute Gasteiger partial charge is 0.277 e. The van der Waals surface area contributed by atoms with Crippen LogP contribution in [0.25, 0.3) is 0 Å². The van der Waals surface area contributed by atoms with Gasteiger partial charge in [0.1, 0.15) is 13.2 Å². The Morgan fingerprint density at radius 2 is 2.18 bits per heavy atom. The van der Waals surface area contributed by atoms with Gasteiger partial charge in [0.25, 0.3) is 5.95 Å². The van der Waals surface area contributed by atoms with Gasteiger partial charge in [-0.05, 0) is 0 Å². The van der Waals surface area contributed by atoms with Crippen LogP contribution in [-0.4, -0.2) is 38.1 Å². The number of aliphatic hydroxyl groups excluding tert-OH is 1. The minimum absolute atomic E-state index is 0.0465. The molecule has 1 N–H and O–H groups in total. The van der Waals surface area contributed by atoms with Crippen molar-refractivity contribution in [1.29, 1.82) is 0 Å². The molecule has 0 atom stereocenters. The molecule has 11 heavy (non-hydrogen) atoms. The summed E-state index contributed by atoms with van der Waals surface area (Å²) in [5.41, 5.74) is 0. The molecule has 0 aromatic heterocycles. The Labute approximate surface area is 65.4 Å². The highest BCUT2D eigenvalue weighted by Gasteiger charge is 2.06. The van der Waals surface area contributed by atoms with Crippen LogP contribution in [-0.2, 0) is 14.2 Å². The first-order valence-electron chi connectivity index (χ1n) is 3.58. The number of hydrogen-bond acceptors (Lipinski definition) is 4. The average molecular weight is 160 g/mol. The van der Waals surface area contributed by atoms with E-state index in [1.54, 1.807) is 6.08 Å². The number of aliphatic hydroxyl groups is 1. The zero-order valence-corrected chi connectivity index (χ0v) is 6.28. The molecule has 0 unspecified atom stereocenters. The predicted octanol–water partition coefficient (Wildman–Crippen LogP) is -0.117. The van der Waals surface area contributed by atoms with Gasteiger partial charge in [-0.25, -0.2) is 0 Å². The van der Waals surface area contributed by atoms with Crippen LogP contribution in [0.15, 0.2) is 12.0 Å². The van der Waals surface area contributed by atoms with Crippen molar-refractivity contribution >= 4 is 0 Å². The molecule has 1 heterocycles. The molecule has 1 rings (SSSR count). The molecule has 4 nitrogen and oxygen atoms in total. The van der Waals surface area contributed by atoms with Gasteiger partial charge in [0.05, 0.1) is 19.8 Å². The molecular weight excluding hydrogens is 148 g/mol. The topological polar surface area (TPSA) is 47.9 Å². The molecular formula is C7H12O4.